The summed E-state index contributed by atoms with van der Waals surface area (Å²) >= 11 is 0. The number of hydrogen-bond acceptors (Lipinski definition) is 3. The highest BCUT2D eigenvalue weighted by Crippen LogP contribution is 2.62. The van der Waals surface area contributed by atoms with Crippen LogP contribution in [-0.4, -0.2) is 18.1 Å². The van der Waals surface area contributed by atoms with Gasteiger partial charge in [0.15, 0.2) is 0 Å². The number of nitrogens with zero attached hydrogens (tertiary/aromatic N) is 2. The summed E-state index contributed by atoms with van der Waals surface area (Å²) in [5, 5.41) is 0. The molecule has 80 valence electrons. The van der Waals surface area contributed by atoms with Gasteiger partial charge >= 0.3 is 0 Å². The topological polar surface area (TPSA) is 42.1 Å². The number of rotatable bonds is 1. The predicted octanol–water partition coefficient (Wildman–Crippen LogP) is 1.76. The number of aromatic nitrogens is 1. The van der Waals surface area contributed by atoms with Gasteiger partial charge in [-0.25, -0.2) is 4.98 Å². The van der Waals surface area contributed by atoms with E-state index in [0.717, 1.165) is 36.4 Å². The summed E-state index contributed by atoms with van der Waals surface area (Å²) in [6, 6.07) is 3.95. The van der Waals surface area contributed by atoms with Crippen LogP contribution in [0.5, 0.6) is 0 Å². The third-order valence-electron chi connectivity index (χ3n) is 4.22. The zero-order chi connectivity index (χ0) is 10.6. The molecule has 0 radical (unpaired) electrons. The summed E-state index contributed by atoms with van der Waals surface area (Å²) in [5.41, 5.74) is 6.94. The second kappa shape index (κ2) is 2.65. The van der Waals surface area contributed by atoms with Crippen molar-refractivity contribution in [1.29, 1.82) is 0 Å². The predicted molar refractivity (Wildman–Crippen MR) is 61.6 cm³/mol. The van der Waals surface area contributed by atoms with E-state index in [1.54, 1.807) is 6.20 Å². The molecule has 1 saturated heterocycles. The van der Waals surface area contributed by atoms with Crippen molar-refractivity contribution >= 4 is 11.5 Å². The molecular weight excluding hydrogens is 186 g/mol. The van der Waals surface area contributed by atoms with Crippen molar-refractivity contribution in [2.75, 3.05) is 23.7 Å². The van der Waals surface area contributed by atoms with Gasteiger partial charge in [-0.2, -0.15) is 0 Å². The SMILES string of the molecule is CC1(C)C2CN(c3ccc(N)cn3)CC21. The Hall–Kier alpha value is -1.25. The van der Waals surface area contributed by atoms with Crippen molar-refractivity contribution in [3.8, 4) is 0 Å². The Bertz CT molecular complexity index is 368. The molecule has 1 aliphatic heterocycles. The van der Waals surface area contributed by atoms with E-state index >= 15 is 0 Å². The minimum absolute atomic E-state index is 0.574. The summed E-state index contributed by atoms with van der Waals surface area (Å²) in [5.74, 6) is 2.82. The van der Waals surface area contributed by atoms with E-state index in [4.69, 9.17) is 5.73 Å². The van der Waals surface area contributed by atoms with E-state index in [1.165, 1.54) is 0 Å². The second-order valence-electron chi connectivity index (χ2n) is 5.39. The van der Waals surface area contributed by atoms with E-state index in [-0.39, 0.29) is 0 Å². The third-order valence-corrected chi connectivity index (χ3v) is 4.22. The third kappa shape index (κ3) is 1.22. The lowest BCUT2D eigenvalue weighted by Gasteiger charge is -2.22. The summed E-state index contributed by atoms with van der Waals surface area (Å²) in [6.07, 6.45) is 1.74. The molecular formula is C12H17N3. The van der Waals surface area contributed by atoms with Gasteiger partial charge < -0.3 is 10.6 Å². The molecule has 0 spiro atoms. The van der Waals surface area contributed by atoms with Crippen LogP contribution in [0.4, 0.5) is 11.5 Å². The van der Waals surface area contributed by atoms with E-state index in [1.807, 2.05) is 12.1 Å². The van der Waals surface area contributed by atoms with E-state index in [9.17, 15) is 0 Å². The molecule has 1 saturated carbocycles. The molecule has 1 aromatic rings. The first-order valence-electron chi connectivity index (χ1n) is 5.55. The standard InChI is InChI=1S/C12H17N3/c1-12(2)9-6-15(7-10(9)12)11-4-3-8(13)5-14-11/h3-5,9-10H,6-7,13H2,1-2H3. The molecule has 0 aromatic carbocycles. The lowest BCUT2D eigenvalue weighted by molar-refractivity contribution is 0.498. The van der Waals surface area contributed by atoms with Gasteiger partial charge in [-0.3, -0.25) is 0 Å². The number of hydrogen-bond donors (Lipinski definition) is 1. The molecule has 1 aromatic heterocycles. The zero-order valence-electron chi connectivity index (χ0n) is 9.27. The Morgan fingerprint density at radius 2 is 2.00 bits per heavy atom. The van der Waals surface area contributed by atoms with Gasteiger partial charge in [0.1, 0.15) is 5.82 Å². The van der Waals surface area contributed by atoms with Crippen LogP contribution in [0.15, 0.2) is 18.3 Å². The van der Waals surface area contributed by atoms with Crippen molar-refractivity contribution < 1.29 is 0 Å². The van der Waals surface area contributed by atoms with Crippen LogP contribution in [0.25, 0.3) is 0 Å². The molecule has 2 heterocycles. The van der Waals surface area contributed by atoms with Gasteiger partial charge in [-0.15, -0.1) is 0 Å². The first-order chi connectivity index (χ1) is 7.09. The van der Waals surface area contributed by atoms with Gasteiger partial charge in [-0.1, -0.05) is 13.8 Å². The highest BCUT2D eigenvalue weighted by atomic mass is 15.2. The number of anilines is 2. The van der Waals surface area contributed by atoms with Crippen LogP contribution in [-0.2, 0) is 0 Å². The molecule has 3 rings (SSSR count). The van der Waals surface area contributed by atoms with Crippen LogP contribution in [0.1, 0.15) is 13.8 Å². The molecule has 2 fully saturated rings. The molecule has 1 aliphatic carbocycles. The molecule has 2 N–H and O–H groups in total. The molecule has 2 aliphatic rings. The van der Waals surface area contributed by atoms with E-state index in [0.29, 0.717) is 5.41 Å². The number of piperidine rings is 1. The number of nitrogen functional groups attached to an aromatic ring is 1. The van der Waals surface area contributed by atoms with Crippen molar-refractivity contribution in [2.45, 2.75) is 13.8 Å². The first kappa shape index (κ1) is 9.01. The maximum Gasteiger partial charge on any atom is 0.128 e. The number of nitrogens with two attached hydrogens (primary N) is 1. The van der Waals surface area contributed by atoms with E-state index in [2.05, 4.69) is 23.7 Å². The van der Waals surface area contributed by atoms with Crippen LogP contribution in [0, 0.1) is 17.3 Å². The Balaban J connectivity index is 1.75. The lowest BCUT2D eigenvalue weighted by Crippen LogP contribution is -2.26. The quantitative estimate of drug-likeness (QED) is 0.756. The van der Waals surface area contributed by atoms with Crippen LogP contribution >= 0.6 is 0 Å². The Kier molecular flexibility index (Phi) is 1.59. The fourth-order valence-electron chi connectivity index (χ4n) is 2.90. The molecule has 0 amide bonds. The fourth-order valence-corrected chi connectivity index (χ4v) is 2.90. The van der Waals surface area contributed by atoms with Crippen molar-refractivity contribution in [3.05, 3.63) is 18.3 Å². The van der Waals surface area contributed by atoms with Gasteiger partial charge in [0.2, 0.25) is 0 Å². The second-order valence-corrected chi connectivity index (χ2v) is 5.39. The van der Waals surface area contributed by atoms with Gasteiger partial charge in [0.25, 0.3) is 0 Å². The summed E-state index contributed by atoms with van der Waals surface area (Å²) in [7, 11) is 0. The molecule has 0 bridgehead atoms. The summed E-state index contributed by atoms with van der Waals surface area (Å²) in [4.78, 5) is 6.74. The maximum atomic E-state index is 5.62. The fraction of sp³-hybridized carbons (Fsp3) is 0.583. The molecule has 2 unspecified atom stereocenters. The Morgan fingerprint density at radius 1 is 1.33 bits per heavy atom. The maximum absolute atomic E-state index is 5.62. The van der Waals surface area contributed by atoms with Gasteiger partial charge in [0, 0.05) is 13.1 Å². The highest BCUT2D eigenvalue weighted by molar-refractivity contribution is 5.48. The van der Waals surface area contributed by atoms with Gasteiger partial charge in [-0.05, 0) is 29.4 Å². The molecule has 15 heavy (non-hydrogen) atoms. The smallest absolute Gasteiger partial charge is 0.128 e. The summed E-state index contributed by atoms with van der Waals surface area (Å²) in [6.45, 7) is 7.06. The van der Waals surface area contributed by atoms with Crippen LogP contribution < -0.4 is 10.6 Å². The first-order valence-corrected chi connectivity index (χ1v) is 5.55. The molecule has 2 atom stereocenters. The highest BCUT2D eigenvalue weighted by Gasteiger charge is 2.62. The zero-order valence-corrected chi connectivity index (χ0v) is 9.27. The van der Waals surface area contributed by atoms with Crippen molar-refractivity contribution in [1.82, 2.24) is 4.98 Å². The lowest BCUT2D eigenvalue weighted by atomic mass is 10.1. The number of pyridine rings is 1. The van der Waals surface area contributed by atoms with Crippen LogP contribution in [0.2, 0.25) is 0 Å². The van der Waals surface area contributed by atoms with Gasteiger partial charge in [0.05, 0.1) is 11.9 Å². The average Bonchev–Trinajstić information content (AvgIpc) is 2.64. The summed E-state index contributed by atoms with van der Waals surface area (Å²) < 4.78 is 0. The Morgan fingerprint density at radius 3 is 2.53 bits per heavy atom. The molecule has 3 nitrogen and oxygen atoms in total. The van der Waals surface area contributed by atoms with Crippen molar-refractivity contribution in [2.24, 2.45) is 17.3 Å². The normalized spacial score (nSPS) is 31.5. The minimum atomic E-state index is 0.574. The van der Waals surface area contributed by atoms with Crippen molar-refractivity contribution in [3.63, 3.8) is 0 Å². The largest absolute Gasteiger partial charge is 0.397 e. The van der Waals surface area contributed by atoms with Crippen LogP contribution in [0.3, 0.4) is 0 Å². The number of fused-ring (bicyclic) bond motifs is 1. The minimum Gasteiger partial charge on any atom is -0.397 e. The van der Waals surface area contributed by atoms with E-state index < -0.39 is 0 Å². The monoisotopic (exact) mass is 203 g/mol. The average molecular weight is 203 g/mol. The Labute approximate surface area is 90.3 Å². The molecule has 3 heteroatoms.